The summed E-state index contributed by atoms with van der Waals surface area (Å²) >= 11 is 0. The van der Waals surface area contributed by atoms with Gasteiger partial charge < -0.3 is 5.73 Å². The number of nitrogens with two attached hydrogens (primary N) is 1. The second-order valence-corrected chi connectivity index (χ2v) is 3.66. The summed E-state index contributed by atoms with van der Waals surface area (Å²) in [5.41, 5.74) is 7.90. The van der Waals surface area contributed by atoms with Gasteiger partial charge in [0.25, 0.3) is 5.69 Å². The van der Waals surface area contributed by atoms with Crippen LogP contribution in [0.5, 0.6) is 0 Å². The van der Waals surface area contributed by atoms with Crippen molar-refractivity contribution in [3.63, 3.8) is 0 Å². The average Bonchev–Trinajstić information content (AvgIpc) is 2.71. The van der Waals surface area contributed by atoms with Crippen LogP contribution >= 0.6 is 0 Å². The van der Waals surface area contributed by atoms with Crippen molar-refractivity contribution in [1.82, 2.24) is 9.78 Å². The number of nitro benzene ring substituents is 1. The van der Waals surface area contributed by atoms with E-state index in [1.54, 1.807) is 17.8 Å². The Balaban J connectivity index is 2.48. The third-order valence-electron chi connectivity index (χ3n) is 2.49. The van der Waals surface area contributed by atoms with Crippen LogP contribution in [0.4, 0.5) is 5.69 Å². The molecule has 2 aromatic rings. The fourth-order valence-corrected chi connectivity index (χ4v) is 1.68. The predicted molar refractivity (Wildman–Crippen MR) is 63.2 cm³/mol. The second-order valence-electron chi connectivity index (χ2n) is 3.66. The summed E-state index contributed by atoms with van der Waals surface area (Å²) in [5, 5.41) is 14.9. The van der Waals surface area contributed by atoms with Crippen LogP contribution < -0.4 is 5.73 Å². The number of hydrogen-bond acceptors (Lipinski definition) is 4. The zero-order valence-corrected chi connectivity index (χ0v) is 9.33. The van der Waals surface area contributed by atoms with Crippen molar-refractivity contribution in [3.05, 3.63) is 46.1 Å². The number of aryl methyl sites for hydroxylation is 1. The van der Waals surface area contributed by atoms with Crippen molar-refractivity contribution < 1.29 is 4.92 Å². The molecular weight excluding hydrogens is 220 g/mol. The van der Waals surface area contributed by atoms with Gasteiger partial charge in [-0.2, -0.15) is 5.10 Å². The van der Waals surface area contributed by atoms with Gasteiger partial charge in [-0.15, -0.1) is 0 Å². The molecule has 0 atom stereocenters. The summed E-state index contributed by atoms with van der Waals surface area (Å²) in [6.07, 6.45) is 0. The topological polar surface area (TPSA) is 87.0 Å². The van der Waals surface area contributed by atoms with Crippen LogP contribution in [0.25, 0.3) is 11.3 Å². The number of rotatable bonds is 3. The molecule has 0 aliphatic carbocycles. The van der Waals surface area contributed by atoms with Crippen LogP contribution in [0.2, 0.25) is 0 Å². The van der Waals surface area contributed by atoms with Gasteiger partial charge in [-0.05, 0) is 6.07 Å². The van der Waals surface area contributed by atoms with Gasteiger partial charge >= 0.3 is 0 Å². The van der Waals surface area contributed by atoms with E-state index in [2.05, 4.69) is 5.10 Å². The molecule has 1 heterocycles. The Morgan fingerprint density at radius 3 is 2.82 bits per heavy atom. The standard InChI is InChI=1S/C11H12N4O2/c1-14-11(6-9(7-12)13-14)8-3-2-4-10(5-8)15(16)17/h2-6H,7,12H2,1H3. The molecule has 2 rings (SSSR count). The lowest BCUT2D eigenvalue weighted by atomic mass is 10.1. The minimum atomic E-state index is -0.413. The maximum atomic E-state index is 10.7. The monoisotopic (exact) mass is 232 g/mol. The maximum absolute atomic E-state index is 10.7. The molecule has 2 N–H and O–H groups in total. The molecule has 0 fully saturated rings. The minimum absolute atomic E-state index is 0.0676. The number of hydrogen-bond donors (Lipinski definition) is 1. The molecule has 6 heteroatoms. The summed E-state index contributed by atoms with van der Waals surface area (Å²) in [6, 6.07) is 8.28. The van der Waals surface area contributed by atoms with Crippen molar-refractivity contribution in [3.8, 4) is 11.3 Å². The molecule has 1 aromatic heterocycles. The summed E-state index contributed by atoms with van der Waals surface area (Å²) in [5.74, 6) is 0. The van der Waals surface area contributed by atoms with Crippen LogP contribution in [-0.2, 0) is 13.6 Å². The van der Waals surface area contributed by atoms with Gasteiger partial charge in [-0.3, -0.25) is 14.8 Å². The molecule has 88 valence electrons. The molecule has 0 bridgehead atoms. The molecule has 17 heavy (non-hydrogen) atoms. The van der Waals surface area contributed by atoms with E-state index in [4.69, 9.17) is 5.73 Å². The van der Waals surface area contributed by atoms with Gasteiger partial charge in [-0.25, -0.2) is 0 Å². The first kappa shape index (κ1) is 11.3. The number of nitrogens with zero attached hydrogens (tertiary/aromatic N) is 3. The average molecular weight is 232 g/mol. The van der Waals surface area contributed by atoms with Crippen molar-refractivity contribution in [2.45, 2.75) is 6.54 Å². The molecule has 0 saturated carbocycles. The molecule has 6 nitrogen and oxygen atoms in total. The van der Waals surface area contributed by atoms with E-state index in [9.17, 15) is 10.1 Å². The third-order valence-corrected chi connectivity index (χ3v) is 2.49. The number of non-ortho nitro benzene ring substituents is 1. The molecule has 1 aromatic carbocycles. The Morgan fingerprint density at radius 1 is 1.47 bits per heavy atom. The van der Waals surface area contributed by atoms with E-state index >= 15 is 0 Å². The molecule has 0 saturated heterocycles. The quantitative estimate of drug-likeness (QED) is 0.641. The fourth-order valence-electron chi connectivity index (χ4n) is 1.68. The van der Waals surface area contributed by atoms with Crippen LogP contribution in [-0.4, -0.2) is 14.7 Å². The first-order valence-corrected chi connectivity index (χ1v) is 5.09. The molecule has 0 spiro atoms. The smallest absolute Gasteiger partial charge is 0.270 e. The van der Waals surface area contributed by atoms with Crippen molar-refractivity contribution in [2.24, 2.45) is 12.8 Å². The molecule has 0 radical (unpaired) electrons. The van der Waals surface area contributed by atoms with E-state index in [0.29, 0.717) is 6.54 Å². The molecular formula is C11H12N4O2. The van der Waals surface area contributed by atoms with Crippen LogP contribution in [0.15, 0.2) is 30.3 Å². The Kier molecular flexibility index (Phi) is 2.88. The van der Waals surface area contributed by atoms with Crippen molar-refractivity contribution >= 4 is 5.69 Å². The van der Waals surface area contributed by atoms with E-state index in [-0.39, 0.29) is 5.69 Å². The zero-order chi connectivity index (χ0) is 12.4. The highest BCUT2D eigenvalue weighted by Crippen LogP contribution is 2.23. The lowest BCUT2D eigenvalue weighted by Crippen LogP contribution is -1.99. The Morgan fingerprint density at radius 2 is 2.24 bits per heavy atom. The first-order chi connectivity index (χ1) is 8.11. The summed E-state index contributed by atoms with van der Waals surface area (Å²) < 4.78 is 1.67. The largest absolute Gasteiger partial charge is 0.325 e. The predicted octanol–water partition coefficient (Wildman–Crippen LogP) is 1.45. The third kappa shape index (κ3) is 2.16. The molecule has 0 aliphatic heterocycles. The number of nitro groups is 1. The van der Waals surface area contributed by atoms with Crippen molar-refractivity contribution in [2.75, 3.05) is 0 Å². The number of aromatic nitrogens is 2. The first-order valence-electron chi connectivity index (χ1n) is 5.09. The molecule has 0 unspecified atom stereocenters. The molecule has 0 amide bonds. The highest BCUT2D eigenvalue weighted by molar-refractivity contribution is 5.63. The summed E-state index contributed by atoms with van der Waals surface area (Å²) in [6.45, 7) is 0.350. The Hall–Kier alpha value is -2.21. The second kappa shape index (κ2) is 4.34. The van der Waals surface area contributed by atoms with E-state index < -0.39 is 4.92 Å². The van der Waals surface area contributed by atoms with E-state index in [1.807, 2.05) is 12.1 Å². The lowest BCUT2D eigenvalue weighted by molar-refractivity contribution is -0.384. The highest BCUT2D eigenvalue weighted by Gasteiger charge is 2.10. The van der Waals surface area contributed by atoms with Gasteiger partial charge in [0.1, 0.15) is 0 Å². The minimum Gasteiger partial charge on any atom is -0.325 e. The Bertz CT molecular complexity index is 562. The van der Waals surface area contributed by atoms with E-state index in [1.165, 1.54) is 12.1 Å². The maximum Gasteiger partial charge on any atom is 0.270 e. The molecule has 0 aliphatic rings. The SMILES string of the molecule is Cn1nc(CN)cc1-c1cccc([N+](=O)[O-])c1. The Labute approximate surface area is 97.8 Å². The number of benzene rings is 1. The summed E-state index contributed by atoms with van der Waals surface area (Å²) in [4.78, 5) is 10.3. The van der Waals surface area contributed by atoms with Crippen LogP contribution in [0.1, 0.15) is 5.69 Å². The van der Waals surface area contributed by atoms with Crippen molar-refractivity contribution in [1.29, 1.82) is 0 Å². The highest BCUT2D eigenvalue weighted by atomic mass is 16.6. The fraction of sp³-hybridized carbons (Fsp3) is 0.182. The van der Waals surface area contributed by atoms with Gasteiger partial charge in [0.05, 0.1) is 16.3 Å². The van der Waals surface area contributed by atoms with E-state index in [0.717, 1.165) is 17.0 Å². The van der Waals surface area contributed by atoms with Crippen LogP contribution in [0.3, 0.4) is 0 Å². The van der Waals surface area contributed by atoms with Gasteiger partial charge in [0.2, 0.25) is 0 Å². The van der Waals surface area contributed by atoms with Crippen LogP contribution in [0, 0.1) is 10.1 Å². The lowest BCUT2D eigenvalue weighted by Gasteiger charge is -2.01. The van der Waals surface area contributed by atoms with Gasteiger partial charge in [-0.1, -0.05) is 12.1 Å². The zero-order valence-electron chi connectivity index (χ0n) is 9.33. The van der Waals surface area contributed by atoms with Gasteiger partial charge in [0, 0.05) is 31.3 Å². The van der Waals surface area contributed by atoms with Gasteiger partial charge in [0.15, 0.2) is 0 Å². The summed E-state index contributed by atoms with van der Waals surface area (Å²) in [7, 11) is 1.79. The normalized spacial score (nSPS) is 10.5.